The van der Waals surface area contributed by atoms with E-state index in [2.05, 4.69) is 33.2 Å². The van der Waals surface area contributed by atoms with E-state index >= 15 is 0 Å². The predicted molar refractivity (Wildman–Crippen MR) is 77.7 cm³/mol. The maximum Gasteiger partial charge on any atom is 0.251 e. The Kier molecular flexibility index (Phi) is 4.45. The quantitative estimate of drug-likeness (QED) is 0.773. The minimum atomic E-state index is -0.431. The van der Waals surface area contributed by atoms with Gasteiger partial charge in [-0.15, -0.1) is 0 Å². The number of benzene rings is 1. The van der Waals surface area contributed by atoms with Gasteiger partial charge in [-0.3, -0.25) is 9.59 Å². The van der Waals surface area contributed by atoms with Crippen LogP contribution in [0.3, 0.4) is 0 Å². The average Bonchev–Trinajstić information content (AvgIpc) is 2.35. The van der Waals surface area contributed by atoms with Gasteiger partial charge >= 0.3 is 0 Å². The SMILES string of the molecule is O=C(NC1CCCNC1=O)c1ccc(Cl)c(I)c1. The molecule has 6 heteroatoms. The normalized spacial score (nSPS) is 19.2. The number of piperidine rings is 1. The fraction of sp³-hybridized carbons (Fsp3) is 0.333. The summed E-state index contributed by atoms with van der Waals surface area (Å²) in [7, 11) is 0. The Bertz CT molecular complexity index is 493. The third-order valence-electron chi connectivity index (χ3n) is 2.77. The molecule has 1 heterocycles. The molecule has 1 aromatic carbocycles. The minimum Gasteiger partial charge on any atom is -0.354 e. The molecule has 96 valence electrons. The van der Waals surface area contributed by atoms with E-state index < -0.39 is 6.04 Å². The van der Waals surface area contributed by atoms with Gasteiger partial charge in [0.25, 0.3) is 5.91 Å². The molecule has 1 aliphatic rings. The summed E-state index contributed by atoms with van der Waals surface area (Å²) in [6.07, 6.45) is 1.57. The summed E-state index contributed by atoms with van der Waals surface area (Å²) < 4.78 is 0.815. The van der Waals surface area contributed by atoms with Crippen LogP contribution in [0.2, 0.25) is 5.02 Å². The average molecular weight is 379 g/mol. The van der Waals surface area contributed by atoms with Crippen molar-refractivity contribution in [2.24, 2.45) is 0 Å². The summed E-state index contributed by atoms with van der Waals surface area (Å²) in [5.74, 6) is -0.357. The van der Waals surface area contributed by atoms with Crippen molar-refractivity contribution in [1.29, 1.82) is 0 Å². The van der Waals surface area contributed by atoms with Gasteiger partial charge in [0.05, 0.1) is 5.02 Å². The van der Waals surface area contributed by atoms with Gasteiger partial charge in [-0.25, -0.2) is 0 Å². The molecule has 0 aromatic heterocycles. The van der Waals surface area contributed by atoms with Crippen molar-refractivity contribution in [2.75, 3.05) is 6.54 Å². The van der Waals surface area contributed by atoms with Gasteiger partial charge in [0.2, 0.25) is 5.91 Å². The smallest absolute Gasteiger partial charge is 0.251 e. The molecule has 0 radical (unpaired) electrons. The second-order valence-electron chi connectivity index (χ2n) is 4.09. The fourth-order valence-corrected chi connectivity index (χ4v) is 2.42. The van der Waals surface area contributed by atoms with Gasteiger partial charge in [-0.2, -0.15) is 0 Å². The van der Waals surface area contributed by atoms with Crippen LogP contribution in [0.15, 0.2) is 18.2 Å². The molecular weight excluding hydrogens is 367 g/mol. The van der Waals surface area contributed by atoms with E-state index in [0.717, 1.165) is 9.99 Å². The van der Waals surface area contributed by atoms with Crippen LogP contribution >= 0.6 is 34.2 Å². The van der Waals surface area contributed by atoms with Crippen molar-refractivity contribution in [3.63, 3.8) is 0 Å². The number of amides is 2. The Balaban J connectivity index is 2.07. The zero-order valence-electron chi connectivity index (χ0n) is 9.50. The third kappa shape index (κ3) is 3.14. The number of hydrogen-bond donors (Lipinski definition) is 2. The van der Waals surface area contributed by atoms with Crippen LogP contribution in [0.4, 0.5) is 0 Å². The Labute approximate surface area is 124 Å². The molecule has 1 saturated heterocycles. The minimum absolute atomic E-state index is 0.113. The summed E-state index contributed by atoms with van der Waals surface area (Å²) in [4.78, 5) is 23.5. The maximum atomic E-state index is 12.0. The number of halogens is 2. The van der Waals surface area contributed by atoms with Gasteiger partial charge in [-0.1, -0.05) is 11.6 Å². The summed E-state index contributed by atoms with van der Waals surface area (Å²) >= 11 is 7.96. The Morgan fingerprint density at radius 3 is 2.94 bits per heavy atom. The fourth-order valence-electron chi connectivity index (χ4n) is 1.79. The summed E-state index contributed by atoms with van der Waals surface area (Å²) in [5, 5.41) is 6.08. The molecule has 4 nitrogen and oxygen atoms in total. The van der Waals surface area contributed by atoms with Gasteiger partial charge in [0, 0.05) is 15.7 Å². The van der Waals surface area contributed by atoms with E-state index in [1.165, 1.54) is 0 Å². The highest BCUT2D eigenvalue weighted by Gasteiger charge is 2.24. The molecule has 0 spiro atoms. The lowest BCUT2D eigenvalue weighted by Gasteiger charge is -2.22. The van der Waals surface area contributed by atoms with Crippen LogP contribution in [0.1, 0.15) is 23.2 Å². The molecule has 2 rings (SSSR count). The molecule has 1 aromatic rings. The van der Waals surface area contributed by atoms with Crippen molar-refractivity contribution in [1.82, 2.24) is 10.6 Å². The van der Waals surface area contributed by atoms with E-state index in [1.54, 1.807) is 18.2 Å². The lowest BCUT2D eigenvalue weighted by atomic mass is 10.1. The van der Waals surface area contributed by atoms with Gasteiger partial charge in [-0.05, 0) is 53.6 Å². The molecule has 18 heavy (non-hydrogen) atoms. The molecule has 0 bridgehead atoms. The van der Waals surface area contributed by atoms with E-state index in [-0.39, 0.29) is 11.8 Å². The first-order valence-electron chi connectivity index (χ1n) is 5.61. The van der Waals surface area contributed by atoms with Gasteiger partial charge < -0.3 is 10.6 Å². The molecule has 0 saturated carbocycles. The van der Waals surface area contributed by atoms with Crippen LogP contribution in [-0.4, -0.2) is 24.4 Å². The Morgan fingerprint density at radius 1 is 1.50 bits per heavy atom. The van der Waals surface area contributed by atoms with E-state index in [4.69, 9.17) is 11.6 Å². The standard InChI is InChI=1S/C12H12ClIN2O2/c13-8-4-3-7(6-9(8)14)11(17)16-10-2-1-5-15-12(10)18/h3-4,6,10H,1-2,5H2,(H,15,18)(H,16,17). The number of carbonyl (C=O) groups is 2. The highest BCUT2D eigenvalue weighted by molar-refractivity contribution is 14.1. The number of nitrogens with one attached hydrogen (secondary N) is 2. The predicted octanol–water partition coefficient (Wildman–Crippen LogP) is 1.95. The van der Waals surface area contributed by atoms with Crippen LogP contribution in [-0.2, 0) is 4.79 Å². The van der Waals surface area contributed by atoms with Gasteiger partial charge in [0.15, 0.2) is 0 Å². The largest absolute Gasteiger partial charge is 0.354 e. The monoisotopic (exact) mass is 378 g/mol. The second kappa shape index (κ2) is 5.88. The molecule has 2 N–H and O–H groups in total. The molecule has 1 aliphatic heterocycles. The second-order valence-corrected chi connectivity index (χ2v) is 5.66. The van der Waals surface area contributed by atoms with Crippen LogP contribution < -0.4 is 10.6 Å². The lowest BCUT2D eigenvalue weighted by Crippen LogP contribution is -2.50. The van der Waals surface area contributed by atoms with E-state index in [0.29, 0.717) is 23.6 Å². The zero-order chi connectivity index (χ0) is 13.1. The first-order chi connectivity index (χ1) is 8.58. The Hall–Kier alpha value is -0.820. The van der Waals surface area contributed by atoms with Crippen molar-refractivity contribution in [2.45, 2.75) is 18.9 Å². The maximum absolute atomic E-state index is 12.0. The molecule has 1 atom stereocenters. The Morgan fingerprint density at radius 2 is 2.28 bits per heavy atom. The van der Waals surface area contributed by atoms with Crippen LogP contribution in [0.5, 0.6) is 0 Å². The zero-order valence-corrected chi connectivity index (χ0v) is 12.4. The summed E-state index contributed by atoms with van der Waals surface area (Å²) in [6.45, 7) is 0.685. The number of carbonyl (C=O) groups excluding carboxylic acids is 2. The van der Waals surface area contributed by atoms with Crippen molar-refractivity contribution >= 4 is 46.0 Å². The topological polar surface area (TPSA) is 58.2 Å². The van der Waals surface area contributed by atoms with E-state index in [1.807, 2.05) is 0 Å². The highest BCUT2D eigenvalue weighted by atomic mass is 127. The molecule has 2 amide bonds. The first kappa shape index (κ1) is 13.6. The van der Waals surface area contributed by atoms with Crippen molar-refractivity contribution in [3.8, 4) is 0 Å². The molecule has 1 fully saturated rings. The highest BCUT2D eigenvalue weighted by Crippen LogP contribution is 2.19. The number of rotatable bonds is 2. The van der Waals surface area contributed by atoms with Crippen molar-refractivity contribution in [3.05, 3.63) is 32.4 Å². The van der Waals surface area contributed by atoms with Crippen LogP contribution in [0, 0.1) is 3.57 Å². The lowest BCUT2D eigenvalue weighted by molar-refractivity contribution is -0.124. The summed E-state index contributed by atoms with van der Waals surface area (Å²) in [5.41, 5.74) is 0.516. The molecular formula is C12H12ClIN2O2. The van der Waals surface area contributed by atoms with Crippen LogP contribution in [0.25, 0.3) is 0 Å². The van der Waals surface area contributed by atoms with E-state index in [9.17, 15) is 9.59 Å². The first-order valence-corrected chi connectivity index (χ1v) is 7.07. The molecule has 0 aliphatic carbocycles. The number of hydrogen-bond acceptors (Lipinski definition) is 2. The summed E-state index contributed by atoms with van der Waals surface area (Å²) in [6, 6.07) is 4.61. The molecule has 1 unspecified atom stereocenters. The third-order valence-corrected chi connectivity index (χ3v) is 4.31. The van der Waals surface area contributed by atoms with Crippen molar-refractivity contribution < 1.29 is 9.59 Å². The van der Waals surface area contributed by atoms with Gasteiger partial charge in [0.1, 0.15) is 6.04 Å².